The van der Waals surface area contributed by atoms with E-state index in [0.29, 0.717) is 11.5 Å². The summed E-state index contributed by atoms with van der Waals surface area (Å²) in [6.45, 7) is 4.03. The summed E-state index contributed by atoms with van der Waals surface area (Å²) >= 11 is 0. The van der Waals surface area contributed by atoms with Crippen LogP contribution in [0.15, 0.2) is 36.7 Å². The van der Waals surface area contributed by atoms with Crippen molar-refractivity contribution >= 4 is 11.3 Å². The number of ether oxygens (including phenoxy) is 2. The molecule has 26 heavy (non-hydrogen) atoms. The molecule has 1 saturated heterocycles. The minimum atomic E-state index is 0.694. The smallest absolute Gasteiger partial charge is 0.161 e. The lowest BCUT2D eigenvalue weighted by atomic mass is 10.1. The van der Waals surface area contributed by atoms with Gasteiger partial charge in [-0.05, 0) is 31.3 Å². The monoisotopic (exact) mass is 353 g/mol. The number of hydrogen-bond acceptors (Lipinski definition) is 6. The molecule has 1 aromatic carbocycles. The second-order valence-corrected chi connectivity index (χ2v) is 6.47. The molecule has 0 atom stereocenters. The van der Waals surface area contributed by atoms with Gasteiger partial charge in [-0.3, -0.25) is 0 Å². The van der Waals surface area contributed by atoms with E-state index in [4.69, 9.17) is 14.6 Å². The van der Waals surface area contributed by atoms with E-state index < -0.39 is 0 Å². The zero-order valence-electron chi connectivity index (χ0n) is 15.3. The van der Waals surface area contributed by atoms with Gasteiger partial charge in [0.2, 0.25) is 0 Å². The predicted molar refractivity (Wildman–Crippen MR) is 101 cm³/mol. The number of fused-ring (bicyclic) bond motifs is 1. The Kier molecular flexibility index (Phi) is 4.38. The first kappa shape index (κ1) is 16.7. The maximum Gasteiger partial charge on any atom is 0.161 e. The Labute approximate surface area is 152 Å². The summed E-state index contributed by atoms with van der Waals surface area (Å²) in [5, 5.41) is 4.73. The van der Waals surface area contributed by atoms with Crippen LogP contribution < -0.4 is 14.4 Å². The topological polar surface area (TPSA) is 55.1 Å². The highest BCUT2D eigenvalue weighted by molar-refractivity contribution is 5.76. The molecule has 1 aliphatic rings. The van der Waals surface area contributed by atoms with Crippen molar-refractivity contribution in [2.45, 2.75) is 0 Å². The van der Waals surface area contributed by atoms with E-state index in [1.54, 1.807) is 14.2 Å². The van der Waals surface area contributed by atoms with Gasteiger partial charge in [0.1, 0.15) is 5.52 Å². The second kappa shape index (κ2) is 6.84. The lowest BCUT2D eigenvalue weighted by Crippen LogP contribution is -2.45. The SMILES string of the molecule is COc1ccc(-c2cc3c(N4CCN(C)CC4)nccn3n2)cc1OC. The van der Waals surface area contributed by atoms with Gasteiger partial charge < -0.3 is 19.3 Å². The Balaban J connectivity index is 1.73. The minimum absolute atomic E-state index is 0.694. The number of methoxy groups -OCH3 is 2. The van der Waals surface area contributed by atoms with Crippen molar-refractivity contribution in [1.29, 1.82) is 0 Å². The summed E-state index contributed by atoms with van der Waals surface area (Å²) in [5.74, 6) is 2.39. The summed E-state index contributed by atoms with van der Waals surface area (Å²) in [4.78, 5) is 9.29. The van der Waals surface area contributed by atoms with Crippen molar-refractivity contribution in [2.24, 2.45) is 0 Å². The van der Waals surface area contributed by atoms with Crippen LogP contribution in [0, 0.1) is 0 Å². The molecule has 3 aromatic rings. The van der Waals surface area contributed by atoms with Crippen LogP contribution in [0.3, 0.4) is 0 Å². The van der Waals surface area contributed by atoms with Crippen LogP contribution in [-0.2, 0) is 0 Å². The van der Waals surface area contributed by atoms with Gasteiger partial charge in [-0.1, -0.05) is 0 Å². The van der Waals surface area contributed by atoms with E-state index in [9.17, 15) is 0 Å². The fraction of sp³-hybridized carbons (Fsp3) is 0.368. The Morgan fingerprint density at radius 1 is 0.962 bits per heavy atom. The highest BCUT2D eigenvalue weighted by Crippen LogP contribution is 2.33. The molecular formula is C19H23N5O2. The van der Waals surface area contributed by atoms with E-state index >= 15 is 0 Å². The average Bonchev–Trinajstić information content (AvgIpc) is 3.12. The van der Waals surface area contributed by atoms with Crippen LogP contribution in [0.4, 0.5) is 5.82 Å². The summed E-state index contributed by atoms with van der Waals surface area (Å²) < 4.78 is 12.6. The Bertz CT molecular complexity index is 915. The first-order chi connectivity index (χ1) is 12.7. The third kappa shape index (κ3) is 2.94. The summed E-state index contributed by atoms with van der Waals surface area (Å²) in [5.41, 5.74) is 2.88. The standard InChI is InChI=1S/C19H23N5O2/c1-22-8-10-23(11-9-22)19-16-13-15(21-24(16)7-6-20-19)14-4-5-17(25-2)18(12-14)26-3/h4-7,12-13H,8-11H2,1-3H3. The second-order valence-electron chi connectivity index (χ2n) is 6.47. The van der Waals surface area contributed by atoms with Crippen LogP contribution in [0.1, 0.15) is 0 Å². The number of anilines is 1. The van der Waals surface area contributed by atoms with Crippen molar-refractivity contribution in [1.82, 2.24) is 19.5 Å². The van der Waals surface area contributed by atoms with Gasteiger partial charge in [-0.2, -0.15) is 5.10 Å². The third-order valence-corrected chi connectivity index (χ3v) is 4.85. The number of benzene rings is 1. The highest BCUT2D eigenvalue weighted by Gasteiger charge is 2.19. The van der Waals surface area contributed by atoms with Crippen molar-refractivity contribution in [2.75, 3.05) is 52.3 Å². The van der Waals surface area contributed by atoms with Crippen molar-refractivity contribution in [3.05, 3.63) is 36.7 Å². The Morgan fingerprint density at radius 2 is 1.73 bits per heavy atom. The molecule has 0 amide bonds. The number of piperazine rings is 1. The van der Waals surface area contributed by atoms with Crippen LogP contribution in [0.25, 0.3) is 16.8 Å². The molecule has 7 nitrogen and oxygen atoms in total. The van der Waals surface area contributed by atoms with Crippen LogP contribution in [-0.4, -0.2) is 66.9 Å². The van der Waals surface area contributed by atoms with Crippen molar-refractivity contribution < 1.29 is 9.47 Å². The van der Waals surface area contributed by atoms with Gasteiger partial charge in [-0.15, -0.1) is 0 Å². The zero-order valence-corrected chi connectivity index (χ0v) is 15.3. The normalized spacial score (nSPS) is 15.4. The van der Waals surface area contributed by atoms with Crippen molar-refractivity contribution in [3.8, 4) is 22.8 Å². The minimum Gasteiger partial charge on any atom is -0.493 e. The van der Waals surface area contributed by atoms with Crippen LogP contribution in [0.5, 0.6) is 11.5 Å². The number of likely N-dealkylation sites (N-methyl/N-ethyl adjacent to an activating group) is 1. The average molecular weight is 353 g/mol. The third-order valence-electron chi connectivity index (χ3n) is 4.85. The van der Waals surface area contributed by atoms with Crippen LogP contribution >= 0.6 is 0 Å². The fourth-order valence-electron chi connectivity index (χ4n) is 3.31. The number of aromatic nitrogens is 3. The lowest BCUT2D eigenvalue weighted by molar-refractivity contribution is 0.312. The summed E-state index contributed by atoms with van der Waals surface area (Å²) in [6.07, 6.45) is 3.70. The molecule has 2 aromatic heterocycles. The zero-order chi connectivity index (χ0) is 18.1. The van der Waals surface area contributed by atoms with E-state index in [1.165, 1.54) is 0 Å². The highest BCUT2D eigenvalue weighted by atomic mass is 16.5. The molecule has 3 heterocycles. The molecule has 4 rings (SSSR count). The molecule has 0 N–H and O–H groups in total. The maximum atomic E-state index is 5.42. The summed E-state index contributed by atoms with van der Waals surface area (Å²) in [7, 11) is 5.43. The number of rotatable bonds is 4. The quantitative estimate of drug-likeness (QED) is 0.716. The first-order valence-electron chi connectivity index (χ1n) is 8.70. The molecule has 1 aliphatic heterocycles. The van der Waals surface area contributed by atoms with Crippen molar-refractivity contribution in [3.63, 3.8) is 0 Å². The molecular weight excluding hydrogens is 330 g/mol. The Morgan fingerprint density at radius 3 is 2.46 bits per heavy atom. The molecule has 0 radical (unpaired) electrons. The largest absolute Gasteiger partial charge is 0.493 e. The molecule has 0 spiro atoms. The molecule has 1 fully saturated rings. The van der Waals surface area contributed by atoms with E-state index in [-0.39, 0.29) is 0 Å². The molecule has 0 saturated carbocycles. The van der Waals surface area contributed by atoms with Crippen LogP contribution in [0.2, 0.25) is 0 Å². The predicted octanol–water partition coefficient (Wildman–Crippen LogP) is 2.17. The molecule has 136 valence electrons. The maximum absolute atomic E-state index is 5.42. The van der Waals surface area contributed by atoms with E-state index in [2.05, 4.69) is 27.9 Å². The van der Waals surface area contributed by atoms with Gasteiger partial charge in [0, 0.05) is 44.1 Å². The summed E-state index contributed by atoms with van der Waals surface area (Å²) in [6, 6.07) is 7.93. The van der Waals surface area contributed by atoms with Gasteiger partial charge in [0.25, 0.3) is 0 Å². The lowest BCUT2D eigenvalue weighted by Gasteiger charge is -2.33. The fourth-order valence-corrected chi connectivity index (χ4v) is 3.31. The van der Waals surface area contributed by atoms with Gasteiger partial charge >= 0.3 is 0 Å². The molecule has 0 unspecified atom stereocenters. The van der Waals surface area contributed by atoms with E-state index in [0.717, 1.165) is 48.8 Å². The number of nitrogens with zero attached hydrogens (tertiary/aromatic N) is 5. The van der Waals surface area contributed by atoms with Gasteiger partial charge in [0.05, 0.1) is 19.9 Å². The Hall–Kier alpha value is -2.80. The first-order valence-corrected chi connectivity index (χ1v) is 8.70. The molecule has 7 heteroatoms. The number of hydrogen-bond donors (Lipinski definition) is 0. The van der Waals surface area contributed by atoms with Gasteiger partial charge in [0.15, 0.2) is 17.3 Å². The molecule has 0 bridgehead atoms. The molecule has 0 aliphatic carbocycles. The van der Waals surface area contributed by atoms with E-state index in [1.807, 2.05) is 35.1 Å². The van der Waals surface area contributed by atoms with Gasteiger partial charge in [-0.25, -0.2) is 9.50 Å².